The van der Waals surface area contributed by atoms with Crippen molar-refractivity contribution in [3.05, 3.63) is 64.0 Å². The predicted octanol–water partition coefficient (Wildman–Crippen LogP) is 2.07. The van der Waals surface area contributed by atoms with Gasteiger partial charge in [0.1, 0.15) is 11.5 Å². The second kappa shape index (κ2) is 5.87. The smallest absolute Gasteiger partial charge is 0.294 e. The van der Waals surface area contributed by atoms with E-state index in [1.54, 1.807) is 6.07 Å². The summed E-state index contributed by atoms with van der Waals surface area (Å²) in [4.78, 5) is 22.1. The van der Waals surface area contributed by atoms with Crippen LogP contribution in [0.4, 0.5) is 21.5 Å². The zero-order chi connectivity index (χ0) is 15.4. The van der Waals surface area contributed by atoms with Crippen LogP contribution in [0, 0.1) is 15.9 Å². The molecule has 0 fully saturated rings. The van der Waals surface area contributed by atoms with Crippen LogP contribution in [-0.2, 0) is 0 Å². The van der Waals surface area contributed by atoms with Gasteiger partial charge in [0, 0.05) is 11.8 Å². The first-order chi connectivity index (χ1) is 10.0. The van der Waals surface area contributed by atoms with Crippen molar-refractivity contribution in [2.24, 2.45) is 0 Å². The molecule has 7 nitrogen and oxygen atoms in total. The van der Waals surface area contributed by atoms with Crippen LogP contribution in [0.5, 0.6) is 0 Å². The molecule has 0 bridgehead atoms. The third kappa shape index (κ3) is 3.06. The Bertz CT molecular complexity index is 685. The fourth-order valence-corrected chi connectivity index (χ4v) is 1.71. The van der Waals surface area contributed by atoms with Crippen molar-refractivity contribution < 1.29 is 14.1 Å². The van der Waals surface area contributed by atoms with Crippen molar-refractivity contribution in [1.82, 2.24) is 5.43 Å². The quantitative estimate of drug-likeness (QED) is 0.453. The molecule has 0 spiro atoms. The Labute approximate surface area is 118 Å². The molecule has 0 atom stereocenters. The van der Waals surface area contributed by atoms with E-state index >= 15 is 0 Å². The van der Waals surface area contributed by atoms with Crippen LogP contribution < -0.4 is 16.6 Å². The monoisotopic (exact) mass is 290 g/mol. The molecule has 0 saturated heterocycles. The molecule has 4 N–H and O–H groups in total. The number of nitrogen functional groups attached to an aromatic ring is 1. The molecule has 0 aliphatic rings. The van der Waals surface area contributed by atoms with Crippen molar-refractivity contribution in [3.63, 3.8) is 0 Å². The zero-order valence-electron chi connectivity index (χ0n) is 10.7. The van der Waals surface area contributed by atoms with Crippen molar-refractivity contribution in [3.8, 4) is 0 Å². The van der Waals surface area contributed by atoms with Crippen LogP contribution >= 0.6 is 0 Å². The first-order valence-corrected chi connectivity index (χ1v) is 5.84. The minimum absolute atomic E-state index is 0.0307. The van der Waals surface area contributed by atoms with Crippen molar-refractivity contribution in [2.45, 2.75) is 0 Å². The highest BCUT2D eigenvalue weighted by Gasteiger charge is 2.17. The summed E-state index contributed by atoms with van der Waals surface area (Å²) in [5.41, 5.74) is 9.59. The number of hydrogen-bond acceptors (Lipinski definition) is 5. The van der Waals surface area contributed by atoms with E-state index < -0.39 is 16.6 Å². The second-order valence-electron chi connectivity index (χ2n) is 4.06. The van der Waals surface area contributed by atoms with Crippen LogP contribution in [0.15, 0.2) is 42.5 Å². The first-order valence-electron chi connectivity index (χ1n) is 5.84. The molecule has 0 unspecified atom stereocenters. The Kier molecular flexibility index (Phi) is 3.98. The van der Waals surface area contributed by atoms with Crippen molar-refractivity contribution >= 4 is 23.0 Å². The number of nitro benzene ring substituents is 1. The van der Waals surface area contributed by atoms with E-state index in [4.69, 9.17) is 5.73 Å². The third-order valence-electron chi connectivity index (χ3n) is 2.68. The molecule has 0 aliphatic carbocycles. The predicted molar refractivity (Wildman–Crippen MR) is 75.0 cm³/mol. The molecule has 0 heterocycles. The van der Waals surface area contributed by atoms with E-state index in [1.165, 1.54) is 30.3 Å². The fraction of sp³-hybridized carbons (Fsp3) is 0. The molecule has 1 amide bonds. The number of nitrogens with zero attached hydrogens (tertiary/aromatic N) is 1. The summed E-state index contributed by atoms with van der Waals surface area (Å²) in [5, 5.41) is 10.8. The van der Waals surface area contributed by atoms with Gasteiger partial charge in [-0.25, -0.2) is 4.39 Å². The molecule has 2 rings (SSSR count). The van der Waals surface area contributed by atoms with Crippen molar-refractivity contribution in [1.29, 1.82) is 0 Å². The number of hydrogen-bond donors (Lipinski definition) is 3. The minimum atomic E-state index is -0.830. The Balaban J connectivity index is 2.17. The molecule has 21 heavy (non-hydrogen) atoms. The SMILES string of the molecule is Nc1cccc(F)c1C(=O)NNc1ccccc1[N+](=O)[O-]. The number of nitrogens with two attached hydrogens (primary N) is 1. The van der Waals surface area contributed by atoms with Gasteiger partial charge in [-0.05, 0) is 18.2 Å². The van der Waals surface area contributed by atoms with Gasteiger partial charge in [-0.2, -0.15) is 0 Å². The largest absolute Gasteiger partial charge is 0.398 e. The second-order valence-corrected chi connectivity index (χ2v) is 4.06. The number of benzene rings is 2. The van der Waals surface area contributed by atoms with E-state index in [0.29, 0.717) is 0 Å². The highest BCUT2D eigenvalue weighted by Crippen LogP contribution is 2.22. The highest BCUT2D eigenvalue weighted by molar-refractivity contribution is 6.00. The van der Waals surface area contributed by atoms with Crippen LogP contribution in [-0.4, -0.2) is 10.8 Å². The maximum Gasteiger partial charge on any atom is 0.294 e. The molecule has 0 saturated carbocycles. The van der Waals surface area contributed by atoms with Gasteiger partial charge in [-0.3, -0.25) is 25.8 Å². The average Bonchev–Trinajstić information content (AvgIpc) is 2.45. The molecule has 2 aromatic carbocycles. The number of carbonyl (C=O) groups excluding carboxylic acids is 1. The summed E-state index contributed by atoms with van der Waals surface area (Å²) in [7, 11) is 0. The van der Waals surface area contributed by atoms with Crippen LogP contribution in [0.1, 0.15) is 10.4 Å². The summed E-state index contributed by atoms with van der Waals surface area (Å²) < 4.78 is 13.6. The van der Waals surface area contributed by atoms with Gasteiger partial charge in [0.2, 0.25) is 0 Å². The van der Waals surface area contributed by atoms with E-state index in [9.17, 15) is 19.3 Å². The zero-order valence-corrected chi connectivity index (χ0v) is 10.7. The van der Waals surface area contributed by atoms with E-state index in [2.05, 4.69) is 10.9 Å². The summed E-state index contributed by atoms with van der Waals surface area (Å²) >= 11 is 0. The van der Waals surface area contributed by atoms with Gasteiger partial charge >= 0.3 is 0 Å². The lowest BCUT2D eigenvalue weighted by Crippen LogP contribution is -2.31. The molecular weight excluding hydrogens is 279 g/mol. The molecule has 108 valence electrons. The van der Waals surface area contributed by atoms with E-state index in [1.807, 2.05) is 0 Å². The molecule has 8 heteroatoms. The van der Waals surface area contributed by atoms with Crippen LogP contribution in [0.3, 0.4) is 0 Å². The molecule has 0 aromatic heterocycles. The number of hydrazine groups is 1. The van der Waals surface area contributed by atoms with Gasteiger partial charge in [0.25, 0.3) is 11.6 Å². The minimum Gasteiger partial charge on any atom is -0.398 e. The van der Waals surface area contributed by atoms with Crippen molar-refractivity contribution in [2.75, 3.05) is 11.2 Å². The summed E-state index contributed by atoms with van der Waals surface area (Å²) in [6, 6.07) is 9.56. The first kappa shape index (κ1) is 14.3. The molecule has 2 aromatic rings. The maximum absolute atomic E-state index is 13.6. The highest BCUT2D eigenvalue weighted by atomic mass is 19.1. The number of carbonyl (C=O) groups is 1. The van der Waals surface area contributed by atoms with E-state index in [0.717, 1.165) is 6.07 Å². The van der Waals surface area contributed by atoms with Gasteiger partial charge in [0.05, 0.1) is 10.5 Å². The average molecular weight is 290 g/mol. The number of nitro groups is 1. The summed E-state index contributed by atoms with van der Waals surface area (Å²) in [5.74, 6) is -1.61. The van der Waals surface area contributed by atoms with Gasteiger partial charge in [-0.1, -0.05) is 18.2 Å². The Morgan fingerprint density at radius 1 is 1.19 bits per heavy atom. The fourth-order valence-electron chi connectivity index (χ4n) is 1.71. The lowest BCUT2D eigenvalue weighted by atomic mass is 10.1. The van der Waals surface area contributed by atoms with Gasteiger partial charge in [0.15, 0.2) is 0 Å². The normalized spacial score (nSPS) is 9.95. The number of amides is 1. The molecular formula is C13H11FN4O3. The topological polar surface area (TPSA) is 110 Å². The number of para-hydroxylation sites is 2. The summed E-state index contributed by atoms with van der Waals surface area (Å²) in [6.45, 7) is 0. The Morgan fingerprint density at radius 3 is 2.57 bits per heavy atom. The Hall–Kier alpha value is -3.16. The number of nitrogens with one attached hydrogen (secondary N) is 2. The number of halogens is 1. The number of anilines is 2. The van der Waals surface area contributed by atoms with Gasteiger partial charge < -0.3 is 5.73 Å². The molecule has 0 aliphatic heterocycles. The standard InChI is InChI=1S/C13H11FN4O3/c14-8-4-3-5-9(15)12(8)13(19)17-16-10-6-1-2-7-11(10)18(20)21/h1-7,16H,15H2,(H,17,19). The van der Waals surface area contributed by atoms with E-state index in [-0.39, 0.29) is 22.6 Å². The maximum atomic E-state index is 13.6. The van der Waals surface area contributed by atoms with Crippen LogP contribution in [0.25, 0.3) is 0 Å². The Morgan fingerprint density at radius 2 is 1.90 bits per heavy atom. The lowest BCUT2D eigenvalue weighted by Gasteiger charge is -2.10. The van der Waals surface area contributed by atoms with Gasteiger partial charge in [-0.15, -0.1) is 0 Å². The summed E-state index contributed by atoms with van der Waals surface area (Å²) in [6.07, 6.45) is 0. The van der Waals surface area contributed by atoms with Crippen LogP contribution in [0.2, 0.25) is 0 Å². The third-order valence-corrected chi connectivity index (χ3v) is 2.68. The molecule has 0 radical (unpaired) electrons. The number of rotatable bonds is 4. The lowest BCUT2D eigenvalue weighted by molar-refractivity contribution is -0.384.